The lowest BCUT2D eigenvalue weighted by atomic mass is 10.1. The summed E-state index contributed by atoms with van der Waals surface area (Å²) in [4.78, 5) is 10.8. The van der Waals surface area contributed by atoms with Gasteiger partial charge in [-0.2, -0.15) is 11.8 Å². The van der Waals surface area contributed by atoms with E-state index >= 15 is 0 Å². The number of rotatable bonds is 6. The van der Waals surface area contributed by atoms with Crippen molar-refractivity contribution >= 4 is 17.7 Å². The summed E-state index contributed by atoms with van der Waals surface area (Å²) in [6.07, 6.45) is 3.32. The van der Waals surface area contributed by atoms with Gasteiger partial charge in [0.2, 0.25) is 0 Å². The number of unbranched alkanes of at least 4 members (excludes halogenated alkanes) is 2. The van der Waals surface area contributed by atoms with Gasteiger partial charge in [-0.05, 0) is 6.42 Å². The van der Waals surface area contributed by atoms with Crippen molar-refractivity contribution in [3.63, 3.8) is 0 Å². The molecular formula is C10H18O3S. The monoisotopic (exact) mass is 218 g/mol. The number of carboxylic acids is 1. The van der Waals surface area contributed by atoms with E-state index in [0.717, 1.165) is 18.6 Å². The van der Waals surface area contributed by atoms with E-state index in [2.05, 4.69) is 6.92 Å². The fourth-order valence-corrected chi connectivity index (χ4v) is 2.82. The average Bonchev–Trinajstić information content (AvgIpc) is 2.60. The van der Waals surface area contributed by atoms with Crippen LogP contribution < -0.4 is 0 Å². The highest BCUT2D eigenvalue weighted by Gasteiger charge is 2.33. The third kappa shape index (κ3) is 3.50. The molecule has 0 spiro atoms. The Morgan fingerprint density at radius 2 is 2.29 bits per heavy atom. The third-order valence-electron chi connectivity index (χ3n) is 2.43. The van der Waals surface area contributed by atoms with E-state index in [4.69, 9.17) is 9.84 Å². The SMILES string of the molecule is CCCCCOC1CSCC1C(=O)O. The van der Waals surface area contributed by atoms with Gasteiger partial charge in [-0.1, -0.05) is 19.8 Å². The highest BCUT2D eigenvalue weighted by Crippen LogP contribution is 2.27. The molecule has 4 heteroatoms. The zero-order valence-corrected chi connectivity index (χ0v) is 9.39. The number of aliphatic carboxylic acids is 1. The van der Waals surface area contributed by atoms with Gasteiger partial charge in [-0.3, -0.25) is 4.79 Å². The Kier molecular flexibility index (Phi) is 5.33. The summed E-state index contributed by atoms with van der Waals surface area (Å²) in [7, 11) is 0. The van der Waals surface area contributed by atoms with Crippen LogP contribution in [0.2, 0.25) is 0 Å². The van der Waals surface area contributed by atoms with Crippen LogP contribution in [0, 0.1) is 5.92 Å². The number of thioether (sulfide) groups is 1. The molecule has 3 nitrogen and oxygen atoms in total. The number of carbonyl (C=O) groups is 1. The molecule has 0 aromatic rings. The van der Waals surface area contributed by atoms with Crippen molar-refractivity contribution in [2.75, 3.05) is 18.1 Å². The van der Waals surface area contributed by atoms with E-state index in [1.807, 2.05) is 0 Å². The van der Waals surface area contributed by atoms with Gasteiger partial charge in [0, 0.05) is 18.1 Å². The van der Waals surface area contributed by atoms with Crippen LogP contribution in [-0.2, 0) is 9.53 Å². The average molecular weight is 218 g/mol. The third-order valence-corrected chi connectivity index (χ3v) is 3.58. The summed E-state index contributed by atoms with van der Waals surface area (Å²) in [5.74, 6) is 0.536. The van der Waals surface area contributed by atoms with Gasteiger partial charge in [0.25, 0.3) is 0 Å². The standard InChI is InChI=1S/C10H18O3S/c1-2-3-4-5-13-9-7-14-6-8(9)10(11)12/h8-9H,2-7H2,1H3,(H,11,12). The van der Waals surface area contributed by atoms with Crippen molar-refractivity contribution in [1.82, 2.24) is 0 Å². The number of carboxylic acid groups (broad SMARTS) is 1. The van der Waals surface area contributed by atoms with Crippen LogP contribution in [0.5, 0.6) is 0 Å². The summed E-state index contributed by atoms with van der Waals surface area (Å²) < 4.78 is 5.58. The molecule has 0 amide bonds. The Balaban J connectivity index is 2.19. The van der Waals surface area contributed by atoms with E-state index in [0.29, 0.717) is 12.4 Å². The number of hydrogen-bond acceptors (Lipinski definition) is 3. The van der Waals surface area contributed by atoms with Crippen molar-refractivity contribution in [2.45, 2.75) is 32.3 Å². The topological polar surface area (TPSA) is 46.5 Å². The largest absolute Gasteiger partial charge is 0.481 e. The fraction of sp³-hybridized carbons (Fsp3) is 0.900. The molecule has 1 saturated heterocycles. The maximum Gasteiger partial charge on any atom is 0.310 e. The van der Waals surface area contributed by atoms with Gasteiger partial charge in [-0.25, -0.2) is 0 Å². The molecule has 1 aliphatic heterocycles. The predicted molar refractivity (Wildman–Crippen MR) is 57.7 cm³/mol. The molecule has 0 saturated carbocycles. The van der Waals surface area contributed by atoms with Crippen LogP contribution in [-0.4, -0.2) is 35.3 Å². The minimum Gasteiger partial charge on any atom is -0.481 e. The summed E-state index contributed by atoms with van der Waals surface area (Å²) in [5, 5.41) is 8.89. The first-order valence-corrected chi connectivity index (χ1v) is 6.33. The van der Waals surface area contributed by atoms with Crippen molar-refractivity contribution in [3.8, 4) is 0 Å². The zero-order chi connectivity index (χ0) is 10.4. The predicted octanol–water partition coefficient (Wildman–Crippen LogP) is 2.01. The maximum atomic E-state index is 10.8. The smallest absolute Gasteiger partial charge is 0.310 e. The normalized spacial score (nSPS) is 26.6. The Morgan fingerprint density at radius 1 is 1.50 bits per heavy atom. The van der Waals surface area contributed by atoms with E-state index in [1.54, 1.807) is 11.8 Å². The Hall–Kier alpha value is -0.220. The van der Waals surface area contributed by atoms with Crippen molar-refractivity contribution < 1.29 is 14.6 Å². The van der Waals surface area contributed by atoms with E-state index < -0.39 is 5.97 Å². The van der Waals surface area contributed by atoms with Crippen LogP contribution >= 0.6 is 11.8 Å². The first-order chi connectivity index (χ1) is 6.75. The summed E-state index contributed by atoms with van der Waals surface area (Å²) in [6.45, 7) is 2.86. The van der Waals surface area contributed by atoms with Crippen LogP contribution in [0.25, 0.3) is 0 Å². The first kappa shape index (κ1) is 11.9. The van der Waals surface area contributed by atoms with Crippen LogP contribution in [0.15, 0.2) is 0 Å². The molecule has 1 fully saturated rings. The first-order valence-electron chi connectivity index (χ1n) is 5.18. The van der Waals surface area contributed by atoms with Crippen LogP contribution in [0.3, 0.4) is 0 Å². The van der Waals surface area contributed by atoms with Crippen molar-refractivity contribution in [2.24, 2.45) is 5.92 Å². The van der Waals surface area contributed by atoms with Gasteiger partial charge in [-0.15, -0.1) is 0 Å². The minimum absolute atomic E-state index is 0.0608. The lowest BCUT2D eigenvalue weighted by Crippen LogP contribution is -2.29. The molecule has 1 N–H and O–H groups in total. The van der Waals surface area contributed by atoms with Gasteiger partial charge < -0.3 is 9.84 Å². The molecule has 82 valence electrons. The van der Waals surface area contributed by atoms with Gasteiger partial charge >= 0.3 is 5.97 Å². The lowest BCUT2D eigenvalue weighted by Gasteiger charge is -2.15. The summed E-state index contributed by atoms with van der Waals surface area (Å²) in [5.41, 5.74) is 0. The molecule has 0 aliphatic carbocycles. The molecule has 1 heterocycles. The second-order valence-corrected chi connectivity index (χ2v) is 4.67. The highest BCUT2D eigenvalue weighted by molar-refractivity contribution is 7.99. The molecule has 14 heavy (non-hydrogen) atoms. The van der Waals surface area contributed by atoms with E-state index in [-0.39, 0.29) is 12.0 Å². The van der Waals surface area contributed by atoms with Crippen LogP contribution in [0.4, 0.5) is 0 Å². The molecule has 1 aliphatic rings. The van der Waals surface area contributed by atoms with Gasteiger partial charge in [0.05, 0.1) is 12.0 Å². The summed E-state index contributed by atoms with van der Waals surface area (Å²) in [6, 6.07) is 0. The molecule has 2 unspecified atom stereocenters. The van der Waals surface area contributed by atoms with Crippen LogP contribution in [0.1, 0.15) is 26.2 Å². The Morgan fingerprint density at radius 3 is 2.93 bits per heavy atom. The molecular weight excluding hydrogens is 200 g/mol. The quantitative estimate of drug-likeness (QED) is 0.693. The Labute approximate surface area is 89.2 Å². The number of ether oxygens (including phenoxy) is 1. The van der Waals surface area contributed by atoms with Gasteiger partial charge in [0.1, 0.15) is 0 Å². The zero-order valence-electron chi connectivity index (χ0n) is 8.57. The van der Waals surface area contributed by atoms with Crippen molar-refractivity contribution in [3.05, 3.63) is 0 Å². The summed E-state index contributed by atoms with van der Waals surface area (Å²) >= 11 is 1.68. The molecule has 0 bridgehead atoms. The Bertz CT molecular complexity index is 184. The highest BCUT2D eigenvalue weighted by atomic mass is 32.2. The van der Waals surface area contributed by atoms with E-state index in [9.17, 15) is 4.79 Å². The number of hydrogen-bond donors (Lipinski definition) is 1. The van der Waals surface area contributed by atoms with Gasteiger partial charge in [0.15, 0.2) is 0 Å². The molecule has 1 rings (SSSR count). The minimum atomic E-state index is -0.713. The molecule has 2 atom stereocenters. The maximum absolute atomic E-state index is 10.8. The second kappa shape index (κ2) is 6.30. The van der Waals surface area contributed by atoms with Crippen molar-refractivity contribution in [1.29, 1.82) is 0 Å². The molecule has 0 radical (unpaired) electrons. The van der Waals surface area contributed by atoms with E-state index in [1.165, 1.54) is 6.42 Å². The lowest BCUT2D eigenvalue weighted by molar-refractivity contribution is -0.145. The molecule has 0 aromatic carbocycles. The molecule has 0 aromatic heterocycles. The second-order valence-electron chi connectivity index (χ2n) is 3.60. The fourth-order valence-electron chi connectivity index (χ4n) is 1.52.